The fourth-order valence-corrected chi connectivity index (χ4v) is 2.38. The molecule has 1 aromatic rings. The van der Waals surface area contributed by atoms with Crippen LogP contribution in [0.3, 0.4) is 0 Å². The van der Waals surface area contributed by atoms with Crippen molar-refractivity contribution >= 4 is 5.82 Å². The van der Waals surface area contributed by atoms with Gasteiger partial charge in [0.1, 0.15) is 5.82 Å². The van der Waals surface area contributed by atoms with Crippen LogP contribution in [0, 0.1) is 0 Å². The summed E-state index contributed by atoms with van der Waals surface area (Å²) in [7, 11) is 2.16. The Morgan fingerprint density at radius 3 is 2.70 bits per heavy atom. The fourth-order valence-electron chi connectivity index (χ4n) is 2.38. The van der Waals surface area contributed by atoms with E-state index in [1.807, 2.05) is 0 Å². The second-order valence-corrected chi connectivity index (χ2v) is 5.96. The summed E-state index contributed by atoms with van der Waals surface area (Å²) >= 11 is 0. The zero-order valence-corrected chi connectivity index (χ0v) is 13.3. The third kappa shape index (κ3) is 4.78. The standard InChI is InChI=1S/C17H29N3/c1-4-6-7-10-20(3)17-12-14(11-15(5-2)19-17)13-18-16-8-9-16/h11-12,16,18H,4-10,13H2,1-3H3. The second-order valence-electron chi connectivity index (χ2n) is 5.96. The highest BCUT2D eigenvalue weighted by atomic mass is 15.2. The number of aryl methyl sites for hydroxylation is 1. The lowest BCUT2D eigenvalue weighted by Gasteiger charge is -2.20. The van der Waals surface area contributed by atoms with Crippen LogP contribution in [0.1, 0.15) is 57.2 Å². The van der Waals surface area contributed by atoms with Crippen molar-refractivity contribution in [2.24, 2.45) is 0 Å². The van der Waals surface area contributed by atoms with E-state index in [1.54, 1.807) is 0 Å². The number of nitrogens with zero attached hydrogens (tertiary/aromatic N) is 2. The number of nitrogens with one attached hydrogen (secondary N) is 1. The largest absolute Gasteiger partial charge is 0.360 e. The number of rotatable bonds is 9. The van der Waals surface area contributed by atoms with Crippen molar-refractivity contribution in [3.63, 3.8) is 0 Å². The molecule has 0 amide bonds. The maximum atomic E-state index is 4.77. The van der Waals surface area contributed by atoms with Crippen LogP contribution in [0.15, 0.2) is 12.1 Å². The minimum atomic E-state index is 0.763. The SMILES string of the molecule is CCCCCN(C)c1cc(CNC2CC2)cc(CC)n1. The highest BCUT2D eigenvalue weighted by Crippen LogP contribution is 2.20. The highest BCUT2D eigenvalue weighted by Gasteiger charge is 2.20. The first-order chi connectivity index (χ1) is 9.72. The molecule has 1 aliphatic carbocycles. The quantitative estimate of drug-likeness (QED) is 0.699. The molecule has 0 bridgehead atoms. The number of unbranched alkanes of at least 4 members (excludes halogenated alkanes) is 2. The van der Waals surface area contributed by atoms with Gasteiger partial charge in [-0.3, -0.25) is 0 Å². The molecule has 1 N–H and O–H groups in total. The Kier molecular flexibility index (Phi) is 5.84. The van der Waals surface area contributed by atoms with Gasteiger partial charge in [0.15, 0.2) is 0 Å². The molecule has 0 aromatic carbocycles. The topological polar surface area (TPSA) is 28.2 Å². The molecule has 0 unspecified atom stereocenters. The summed E-state index contributed by atoms with van der Waals surface area (Å²) in [6.07, 6.45) is 7.51. The molecule has 0 spiro atoms. The van der Waals surface area contributed by atoms with Gasteiger partial charge in [0.25, 0.3) is 0 Å². The minimum absolute atomic E-state index is 0.763. The van der Waals surface area contributed by atoms with E-state index in [0.29, 0.717) is 0 Å². The van der Waals surface area contributed by atoms with Gasteiger partial charge in [0.2, 0.25) is 0 Å². The van der Waals surface area contributed by atoms with Gasteiger partial charge in [0.05, 0.1) is 0 Å². The van der Waals surface area contributed by atoms with E-state index in [-0.39, 0.29) is 0 Å². The van der Waals surface area contributed by atoms with Crippen LogP contribution in [0.25, 0.3) is 0 Å². The van der Waals surface area contributed by atoms with Gasteiger partial charge in [-0.2, -0.15) is 0 Å². The van der Waals surface area contributed by atoms with E-state index in [0.717, 1.165) is 31.4 Å². The lowest BCUT2D eigenvalue weighted by atomic mass is 10.2. The first kappa shape index (κ1) is 15.3. The first-order valence-corrected chi connectivity index (χ1v) is 8.17. The van der Waals surface area contributed by atoms with Crippen LogP contribution in [-0.4, -0.2) is 24.6 Å². The summed E-state index contributed by atoms with van der Waals surface area (Å²) in [5.74, 6) is 1.13. The Balaban J connectivity index is 1.99. The average molecular weight is 275 g/mol. The van der Waals surface area contributed by atoms with Crippen LogP contribution >= 0.6 is 0 Å². The van der Waals surface area contributed by atoms with Gasteiger partial charge in [-0.1, -0.05) is 26.7 Å². The molecule has 1 aromatic heterocycles. The Bertz CT molecular complexity index is 413. The molecular formula is C17H29N3. The summed E-state index contributed by atoms with van der Waals surface area (Å²) in [4.78, 5) is 7.07. The summed E-state index contributed by atoms with van der Waals surface area (Å²) in [6, 6.07) is 5.26. The van der Waals surface area contributed by atoms with Gasteiger partial charge < -0.3 is 10.2 Å². The highest BCUT2D eigenvalue weighted by molar-refractivity contribution is 5.42. The fraction of sp³-hybridized carbons (Fsp3) is 0.706. The molecule has 1 aliphatic rings. The molecule has 1 heterocycles. The molecule has 1 saturated carbocycles. The van der Waals surface area contributed by atoms with E-state index in [2.05, 4.69) is 43.2 Å². The number of aromatic nitrogens is 1. The third-order valence-corrected chi connectivity index (χ3v) is 3.95. The van der Waals surface area contributed by atoms with Crippen molar-refractivity contribution in [2.45, 2.75) is 65.0 Å². The molecule has 112 valence electrons. The van der Waals surface area contributed by atoms with E-state index < -0.39 is 0 Å². The maximum absolute atomic E-state index is 4.77. The van der Waals surface area contributed by atoms with Crippen molar-refractivity contribution in [3.05, 3.63) is 23.4 Å². The van der Waals surface area contributed by atoms with Gasteiger partial charge in [0, 0.05) is 31.9 Å². The van der Waals surface area contributed by atoms with Crippen LogP contribution < -0.4 is 10.2 Å². The zero-order chi connectivity index (χ0) is 14.4. The molecule has 0 saturated heterocycles. The smallest absolute Gasteiger partial charge is 0.128 e. The third-order valence-electron chi connectivity index (χ3n) is 3.95. The van der Waals surface area contributed by atoms with E-state index >= 15 is 0 Å². The molecule has 0 aliphatic heterocycles. The zero-order valence-electron chi connectivity index (χ0n) is 13.3. The summed E-state index contributed by atoms with van der Waals surface area (Å²) in [5.41, 5.74) is 2.58. The van der Waals surface area contributed by atoms with Crippen molar-refractivity contribution in [2.75, 3.05) is 18.5 Å². The van der Waals surface area contributed by atoms with Crippen LogP contribution in [0.4, 0.5) is 5.82 Å². The van der Waals surface area contributed by atoms with Gasteiger partial charge in [-0.25, -0.2) is 4.98 Å². The summed E-state index contributed by atoms with van der Waals surface area (Å²) in [6.45, 7) is 6.51. The lowest BCUT2D eigenvalue weighted by Crippen LogP contribution is -2.21. The van der Waals surface area contributed by atoms with Crippen LogP contribution in [0.5, 0.6) is 0 Å². The molecule has 3 heteroatoms. The van der Waals surface area contributed by atoms with Crippen molar-refractivity contribution in [1.82, 2.24) is 10.3 Å². The maximum Gasteiger partial charge on any atom is 0.128 e. The summed E-state index contributed by atoms with van der Waals surface area (Å²) < 4.78 is 0. The minimum Gasteiger partial charge on any atom is -0.360 e. The Morgan fingerprint density at radius 2 is 2.05 bits per heavy atom. The van der Waals surface area contributed by atoms with E-state index in [1.165, 1.54) is 43.4 Å². The monoisotopic (exact) mass is 275 g/mol. The lowest BCUT2D eigenvalue weighted by molar-refractivity contribution is 0.682. The van der Waals surface area contributed by atoms with Crippen LogP contribution in [-0.2, 0) is 13.0 Å². The van der Waals surface area contributed by atoms with Crippen molar-refractivity contribution in [1.29, 1.82) is 0 Å². The molecule has 2 rings (SSSR count). The first-order valence-electron chi connectivity index (χ1n) is 8.17. The average Bonchev–Trinajstić information content (AvgIpc) is 3.29. The second kappa shape index (κ2) is 7.63. The predicted octanol–water partition coefficient (Wildman–Crippen LogP) is 3.52. The normalized spacial score (nSPS) is 14.6. The predicted molar refractivity (Wildman–Crippen MR) is 86.3 cm³/mol. The molecule has 3 nitrogen and oxygen atoms in total. The van der Waals surface area contributed by atoms with Crippen molar-refractivity contribution < 1.29 is 0 Å². The molecule has 0 atom stereocenters. The molecule has 20 heavy (non-hydrogen) atoms. The summed E-state index contributed by atoms with van der Waals surface area (Å²) in [5, 5.41) is 3.60. The number of anilines is 1. The van der Waals surface area contributed by atoms with Gasteiger partial charge in [-0.05, 0) is 43.4 Å². The Labute approximate surface area is 123 Å². The number of hydrogen-bond donors (Lipinski definition) is 1. The number of pyridine rings is 1. The van der Waals surface area contributed by atoms with Crippen LogP contribution in [0.2, 0.25) is 0 Å². The Morgan fingerprint density at radius 1 is 1.25 bits per heavy atom. The van der Waals surface area contributed by atoms with E-state index in [9.17, 15) is 0 Å². The molecule has 0 radical (unpaired) electrons. The molecular weight excluding hydrogens is 246 g/mol. The van der Waals surface area contributed by atoms with E-state index in [4.69, 9.17) is 4.98 Å². The van der Waals surface area contributed by atoms with Crippen molar-refractivity contribution in [3.8, 4) is 0 Å². The van der Waals surface area contributed by atoms with Gasteiger partial charge in [-0.15, -0.1) is 0 Å². The number of hydrogen-bond acceptors (Lipinski definition) is 3. The molecule has 1 fully saturated rings. The van der Waals surface area contributed by atoms with Gasteiger partial charge >= 0.3 is 0 Å². The Hall–Kier alpha value is -1.09.